The number of rotatable bonds is 3. The van der Waals surface area contributed by atoms with Crippen molar-refractivity contribution in [1.82, 2.24) is 9.97 Å². The third-order valence-corrected chi connectivity index (χ3v) is 2.02. The lowest BCUT2D eigenvalue weighted by Crippen LogP contribution is -2.25. The largest absolute Gasteiger partial charge is 0.474 e. The van der Waals surface area contributed by atoms with Crippen molar-refractivity contribution in [2.45, 2.75) is 25.7 Å². The summed E-state index contributed by atoms with van der Waals surface area (Å²) >= 11 is 0. The van der Waals surface area contributed by atoms with E-state index in [1.54, 1.807) is 18.6 Å². The molecule has 0 aromatic carbocycles. The first-order chi connectivity index (χ1) is 7.16. The first kappa shape index (κ1) is 10.3. The van der Waals surface area contributed by atoms with Crippen molar-refractivity contribution in [1.29, 1.82) is 0 Å². The summed E-state index contributed by atoms with van der Waals surface area (Å²) in [5.41, 5.74) is 0. The maximum atomic E-state index is 5.58. The average Bonchev–Trinajstić information content (AvgIpc) is 2.57. The summed E-state index contributed by atoms with van der Waals surface area (Å²) in [5.74, 6) is 0.00180. The Hall–Kier alpha value is -1.20. The molecule has 1 aromatic rings. The Morgan fingerprint density at radius 3 is 3.00 bits per heavy atom. The van der Waals surface area contributed by atoms with Gasteiger partial charge in [-0.2, -0.15) is 0 Å². The van der Waals surface area contributed by atoms with Gasteiger partial charge in [0.25, 0.3) is 0 Å². The second-order valence-corrected chi connectivity index (χ2v) is 3.81. The molecule has 1 saturated heterocycles. The zero-order chi connectivity index (χ0) is 10.7. The molecule has 1 aliphatic rings. The van der Waals surface area contributed by atoms with E-state index in [0.717, 1.165) is 0 Å². The van der Waals surface area contributed by atoms with Gasteiger partial charge in [-0.1, -0.05) is 0 Å². The standard InChI is InChI=1S/C10H14N2O3/c1-10(2)14-7-8(15-10)6-13-9-5-11-3-4-12-9/h3-5,8H,6-7H2,1-2H3. The molecule has 1 fully saturated rings. The van der Waals surface area contributed by atoms with Crippen LogP contribution >= 0.6 is 0 Å². The summed E-state index contributed by atoms with van der Waals surface area (Å²) in [6, 6.07) is 0. The van der Waals surface area contributed by atoms with Gasteiger partial charge in [-0.05, 0) is 13.8 Å². The molecule has 1 unspecified atom stereocenters. The van der Waals surface area contributed by atoms with E-state index < -0.39 is 5.79 Å². The molecule has 0 aliphatic carbocycles. The lowest BCUT2D eigenvalue weighted by atomic mass is 10.4. The molecule has 2 heterocycles. The lowest BCUT2D eigenvalue weighted by Gasteiger charge is -2.16. The summed E-state index contributed by atoms with van der Waals surface area (Å²) in [5, 5.41) is 0. The van der Waals surface area contributed by atoms with Crippen molar-refractivity contribution in [3.63, 3.8) is 0 Å². The zero-order valence-electron chi connectivity index (χ0n) is 8.84. The van der Waals surface area contributed by atoms with E-state index in [4.69, 9.17) is 14.2 Å². The van der Waals surface area contributed by atoms with Crippen molar-refractivity contribution >= 4 is 0 Å². The average molecular weight is 210 g/mol. The second kappa shape index (κ2) is 4.12. The molecule has 1 aromatic heterocycles. The molecule has 0 bridgehead atoms. The molecule has 1 aliphatic heterocycles. The normalized spacial score (nSPS) is 24.0. The Balaban J connectivity index is 1.80. The van der Waals surface area contributed by atoms with Crippen molar-refractivity contribution in [3.8, 4) is 5.88 Å². The first-order valence-corrected chi connectivity index (χ1v) is 4.86. The molecule has 5 nitrogen and oxygen atoms in total. The highest BCUT2D eigenvalue weighted by Crippen LogP contribution is 2.22. The van der Waals surface area contributed by atoms with E-state index in [9.17, 15) is 0 Å². The molecule has 0 amide bonds. The summed E-state index contributed by atoms with van der Waals surface area (Å²) in [4.78, 5) is 7.89. The summed E-state index contributed by atoms with van der Waals surface area (Å²) < 4.78 is 16.4. The highest BCUT2D eigenvalue weighted by atomic mass is 16.7. The van der Waals surface area contributed by atoms with Crippen LogP contribution in [0.15, 0.2) is 18.6 Å². The van der Waals surface area contributed by atoms with Gasteiger partial charge in [-0.3, -0.25) is 4.98 Å². The third kappa shape index (κ3) is 2.87. The monoisotopic (exact) mass is 210 g/mol. The minimum atomic E-state index is -0.504. The minimum Gasteiger partial charge on any atom is -0.474 e. The van der Waals surface area contributed by atoms with Gasteiger partial charge < -0.3 is 14.2 Å². The van der Waals surface area contributed by atoms with Gasteiger partial charge in [-0.25, -0.2) is 4.98 Å². The van der Waals surface area contributed by atoms with Crippen LogP contribution in [0.25, 0.3) is 0 Å². The topological polar surface area (TPSA) is 53.5 Å². The van der Waals surface area contributed by atoms with E-state index in [0.29, 0.717) is 19.1 Å². The van der Waals surface area contributed by atoms with Gasteiger partial charge in [0, 0.05) is 12.4 Å². The Labute approximate surface area is 88.4 Å². The molecule has 0 spiro atoms. The molecule has 5 heteroatoms. The van der Waals surface area contributed by atoms with E-state index in [1.165, 1.54) is 0 Å². The molecular formula is C10H14N2O3. The minimum absolute atomic E-state index is 0.0398. The number of ether oxygens (including phenoxy) is 3. The Kier molecular flexibility index (Phi) is 2.83. The van der Waals surface area contributed by atoms with E-state index in [2.05, 4.69) is 9.97 Å². The van der Waals surface area contributed by atoms with Gasteiger partial charge in [0.15, 0.2) is 5.79 Å². The van der Waals surface area contributed by atoms with Gasteiger partial charge in [-0.15, -0.1) is 0 Å². The van der Waals surface area contributed by atoms with Crippen LogP contribution in [0.2, 0.25) is 0 Å². The van der Waals surface area contributed by atoms with Crippen LogP contribution in [0.4, 0.5) is 0 Å². The fourth-order valence-corrected chi connectivity index (χ4v) is 1.38. The van der Waals surface area contributed by atoms with Crippen LogP contribution in [0.3, 0.4) is 0 Å². The fourth-order valence-electron chi connectivity index (χ4n) is 1.38. The van der Waals surface area contributed by atoms with E-state index in [-0.39, 0.29) is 6.10 Å². The lowest BCUT2D eigenvalue weighted by molar-refractivity contribution is -0.141. The second-order valence-electron chi connectivity index (χ2n) is 3.81. The Morgan fingerprint density at radius 1 is 1.53 bits per heavy atom. The molecule has 0 saturated carbocycles. The van der Waals surface area contributed by atoms with Crippen LogP contribution in [0.1, 0.15) is 13.8 Å². The van der Waals surface area contributed by atoms with Crippen molar-refractivity contribution in [2.75, 3.05) is 13.2 Å². The Morgan fingerprint density at radius 2 is 2.40 bits per heavy atom. The quantitative estimate of drug-likeness (QED) is 0.745. The van der Waals surface area contributed by atoms with Crippen molar-refractivity contribution < 1.29 is 14.2 Å². The SMILES string of the molecule is CC1(C)OCC(COc2cnccn2)O1. The molecule has 82 valence electrons. The number of aromatic nitrogens is 2. The first-order valence-electron chi connectivity index (χ1n) is 4.86. The molecule has 15 heavy (non-hydrogen) atoms. The Bertz CT molecular complexity index is 316. The van der Waals surface area contributed by atoms with Crippen LogP contribution in [-0.4, -0.2) is 35.1 Å². The zero-order valence-corrected chi connectivity index (χ0v) is 8.84. The summed E-state index contributed by atoms with van der Waals surface area (Å²) in [7, 11) is 0. The summed E-state index contributed by atoms with van der Waals surface area (Å²) in [6.45, 7) is 4.75. The number of hydrogen-bond acceptors (Lipinski definition) is 5. The highest BCUT2D eigenvalue weighted by Gasteiger charge is 2.32. The molecule has 1 atom stereocenters. The van der Waals surface area contributed by atoms with Gasteiger partial charge in [0.05, 0.1) is 12.8 Å². The molecular weight excluding hydrogens is 196 g/mol. The predicted octanol–water partition coefficient (Wildman–Crippen LogP) is 1.01. The molecule has 0 N–H and O–H groups in total. The fraction of sp³-hybridized carbons (Fsp3) is 0.600. The smallest absolute Gasteiger partial charge is 0.232 e. The van der Waals surface area contributed by atoms with Crippen LogP contribution in [-0.2, 0) is 9.47 Å². The van der Waals surface area contributed by atoms with Gasteiger partial charge >= 0.3 is 0 Å². The van der Waals surface area contributed by atoms with Crippen molar-refractivity contribution in [3.05, 3.63) is 18.6 Å². The van der Waals surface area contributed by atoms with Crippen LogP contribution < -0.4 is 4.74 Å². The predicted molar refractivity (Wildman–Crippen MR) is 52.4 cm³/mol. The molecule has 0 radical (unpaired) electrons. The maximum Gasteiger partial charge on any atom is 0.232 e. The summed E-state index contributed by atoms with van der Waals surface area (Å²) in [6.07, 6.45) is 4.72. The van der Waals surface area contributed by atoms with E-state index in [1.807, 2.05) is 13.8 Å². The van der Waals surface area contributed by atoms with Crippen LogP contribution in [0.5, 0.6) is 5.88 Å². The number of hydrogen-bond donors (Lipinski definition) is 0. The van der Waals surface area contributed by atoms with Crippen molar-refractivity contribution in [2.24, 2.45) is 0 Å². The molecule has 2 rings (SSSR count). The highest BCUT2D eigenvalue weighted by molar-refractivity contribution is 5.01. The third-order valence-electron chi connectivity index (χ3n) is 2.02. The van der Waals surface area contributed by atoms with E-state index >= 15 is 0 Å². The van der Waals surface area contributed by atoms with Crippen LogP contribution in [0, 0.1) is 0 Å². The van der Waals surface area contributed by atoms with Gasteiger partial charge in [0.2, 0.25) is 5.88 Å². The van der Waals surface area contributed by atoms with Gasteiger partial charge in [0.1, 0.15) is 12.7 Å². The maximum absolute atomic E-state index is 5.58. The number of nitrogens with zero attached hydrogens (tertiary/aromatic N) is 2.